The molecule has 0 saturated carbocycles. The van der Waals surface area contributed by atoms with E-state index < -0.39 is 13.0 Å². The van der Waals surface area contributed by atoms with Gasteiger partial charge in [-0.25, -0.2) is 8.78 Å². The maximum Gasteiger partial charge on any atom is 0.261 e. The van der Waals surface area contributed by atoms with Crippen LogP contribution in [0.15, 0.2) is 0 Å². The van der Waals surface area contributed by atoms with Crippen LogP contribution in [0.3, 0.4) is 0 Å². The van der Waals surface area contributed by atoms with Crippen LogP contribution in [-0.4, -0.2) is 33.2 Å². The van der Waals surface area contributed by atoms with E-state index in [0.29, 0.717) is 6.61 Å². The molecule has 0 heterocycles. The first kappa shape index (κ1) is 11.8. The maximum atomic E-state index is 11.5. The Morgan fingerprint density at radius 1 is 1.25 bits per heavy atom. The molecule has 0 atom stereocenters. The highest BCUT2D eigenvalue weighted by atomic mass is 19.3. The van der Waals surface area contributed by atoms with Crippen molar-refractivity contribution in [2.24, 2.45) is 0 Å². The Morgan fingerprint density at radius 2 is 2.00 bits per heavy atom. The largest absolute Gasteiger partial charge is 0.376 e. The SMILES string of the molecule is CNCCCCCOCC(F)F. The second-order valence-electron chi connectivity index (χ2n) is 2.63. The zero-order valence-corrected chi connectivity index (χ0v) is 7.48. The van der Waals surface area contributed by atoms with E-state index in [4.69, 9.17) is 4.74 Å². The van der Waals surface area contributed by atoms with E-state index in [1.54, 1.807) is 0 Å². The topological polar surface area (TPSA) is 21.3 Å². The van der Waals surface area contributed by atoms with Crippen molar-refractivity contribution >= 4 is 0 Å². The van der Waals surface area contributed by atoms with Crippen LogP contribution < -0.4 is 5.32 Å². The maximum absolute atomic E-state index is 11.5. The standard InChI is InChI=1S/C8H17F2NO/c1-11-5-3-2-4-6-12-7-8(9)10/h8,11H,2-7H2,1H3. The number of rotatable bonds is 8. The van der Waals surface area contributed by atoms with Gasteiger partial charge >= 0.3 is 0 Å². The Morgan fingerprint density at radius 3 is 2.58 bits per heavy atom. The fourth-order valence-electron chi connectivity index (χ4n) is 0.855. The molecule has 0 radical (unpaired) electrons. The van der Waals surface area contributed by atoms with Gasteiger partial charge in [-0.15, -0.1) is 0 Å². The summed E-state index contributed by atoms with van der Waals surface area (Å²) >= 11 is 0. The molecule has 0 amide bonds. The highest BCUT2D eigenvalue weighted by molar-refractivity contribution is 4.44. The van der Waals surface area contributed by atoms with Crippen LogP contribution in [0.5, 0.6) is 0 Å². The number of unbranched alkanes of at least 4 members (excludes halogenated alkanes) is 2. The number of alkyl halides is 2. The van der Waals surface area contributed by atoms with Crippen LogP contribution in [0.25, 0.3) is 0 Å². The van der Waals surface area contributed by atoms with Crippen LogP contribution in [-0.2, 0) is 4.74 Å². The van der Waals surface area contributed by atoms with Gasteiger partial charge in [-0.3, -0.25) is 0 Å². The molecular formula is C8H17F2NO. The fraction of sp³-hybridized carbons (Fsp3) is 1.00. The highest BCUT2D eigenvalue weighted by Gasteiger charge is 2.00. The molecule has 12 heavy (non-hydrogen) atoms. The van der Waals surface area contributed by atoms with Gasteiger partial charge in [0.2, 0.25) is 0 Å². The average molecular weight is 181 g/mol. The van der Waals surface area contributed by atoms with Gasteiger partial charge in [0.15, 0.2) is 0 Å². The van der Waals surface area contributed by atoms with E-state index >= 15 is 0 Å². The van der Waals surface area contributed by atoms with Crippen molar-refractivity contribution in [3.05, 3.63) is 0 Å². The van der Waals surface area contributed by atoms with Gasteiger partial charge in [-0.1, -0.05) is 0 Å². The molecule has 0 aliphatic carbocycles. The summed E-state index contributed by atoms with van der Waals surface area (Å²) in [6.45, 7) is 1.01. The number of nitrogens with one attached hydrogen (secondary N) is 1. The summed E-state index contributed by atoms with van der Waals surface area (Å²) in [6, 6.07) is 0. The number of hydrogen-bond donors (Lipinski definition) is 1. The molecule has 0 aromatic carbocycles. The van der Waals surface area contributed by atoms with Crippen molar-refractivity contribution in [1.29, 1.82) is 0 Å². The predicted molar refractivity (Wildman–Crippen MR) is 44.6 cm³/mol. The minimum Gasteiger partial charge on any atom is -0.376 e. The van der Waals surface area contributed by atoms with Crippen molar-refractivity contribution in [2.45, 2.75) is 25.7 Å². The molecular weight excluding hydrogens is 164 g/mol. The molecule has 0 fully saturated rings. The van der Waals surface area contributed by atoms with Crippen LogP contribution in [0.4, 0.5) is 8.78 Å². The molecule has 1 N–H and O–H groups in total. The predicted octanol–water partition coefficient (Wildman–Crippen LogP) is 1.66. The van der Waals surface area contributed by atoms with Gasteiger partial charge in [-0.05, 0) is 32.9 Å². The molecule has 0 aliphatic heterocycles. The molecule has 0 saturated heterocycles. The van der Waals surface area contributed by atoms with Crippen LogP contribution in [0, 0.1) is 0 Å². The third-order valence-corrected chi connectivity index (χ3v) is 1.46. The molecule has 0 aromatic heterocycles. The van der Waals surface area contributed by atoms with E-state index in [1.165, 1.54) is 0 Å². The quantitative estimate of drug-likeness (QED) is 0.575. The molecule has 0 bridgehead atoms. The van der Waals surface area contributed by atoms with E-state index in [1.807, 2.05) is 7.05 Å². The number of ether oxygens (including phenoxy) is 1. The second kappa shape index (κ2) is 8.87. The molecule has 2 nitrogen and oxygen atoms in total. The summed E-state index contributed by atoms with van der Waals surface area (Å²) in [5, 5.41) is 3.02. The summed E-state index contributed by atoms with van der Waals surface area (Å²) in [4.78, 5) is 0. The smallest absolute Gasteiger partial charge is 0.261 e. The first-order chi connectivity index (χ1) is 5.77. The van der Waals surface area contributed by atoms with E-state index in [-0.39, 0.29) is 0 Å². The fourth-order valence-corrected chi connectivity index (χ4v) is 0.855. The van der Waals surface area contributed by atoms with Crippen molar-refractivity contribution in [3.63, 3.8) is 0 Å². The van der Waals surface area contributed by atoms with Gasteiger partial charge < -0.3 is 10.1 Å². The Kier molecular flexibility index (Phi) is 8.71. The van der Waals surface area contributed by atoms with Gasteiger partial charge in [0.05, 0.1) is 0 Å². The Hall–Kier alpha value is -0.220. The van der Waals surface area contributed by atoms with Crippen LogP contribution in [0.2, 0.25) is 0 Å². The summed E-state index contributed by atoms with van der Waals surface area (Å²) < 4.78 is 27.8. The molecule has 0 rings (SSSR count). The molecule has 0 unspecified atom stereocenters. The average Bonchev–Trinajstić information content (AvgIpc) is 2.02. The zero-order valence-electron chi connectivity index (χ0n) is 7.48. The third-order valence-electron chi connectivity index (χ3n) is 1.46. The lowest BCUT2D eigenvalue weighted by molar-refractivity contribution is 0.0162. The van der Waals surface area contributed by atoms with E-state index in [0.717, 1.165) is 25.8 Å². The summed E-state index contributed by atoms with van der Waals surface area (Å²) in [7, 11) is 1.90. The first-order valence-electron chi connectivity index (χ1n) is 4.28. The van der Waals surface area contributed by atoms with Gasteiger partial charge in [0.25, 0.3) is 6.43 Å². The minimum atomic E-state index is -2.33. The van der Waals surface area contributed by atoms with E-state index in [9.17, 15) is 8.78 Å². The van der Waals surface area contributed by atoms with E-state index in [2.05, 4.69) is 5.32 Å². The van der Waals surface area contributed by atoms with Crippen molar-refractivity contribution < 1.29 is 13.5 Å². The zero-order chi connectivity index (χ0) is 9.23. The lowest BCUT2D eigenvalue weighted by Crippen LogP contribution is -2.08. The lowest BCUT2D eigenvalue weighted by Gasteiger charge is -2.02. The summed E-state index contributed by atoms with van der Waals surface area (Å²) in [5.74, 6) is 0. The Bertz CT molecular complexity index is 91.1. The highest BCUT2D eigenvalue weighted by Crippen LogP contribution is 1.97. The molecule has 4 heteroatoms. The number of hydrogen-bond acceptors (Lipinski definition) is 2. The van der Waals surface area contributed by atoms with Crippen molar-refractivity contribution in [1.82, 2.24) is 5.32 Å². The summed E-state index contributed by atoms with van der Waals surface area (Å²) in [6.07, 6.45) is 0.648. The third kappa shape index (κ3) is 9.78. The van der Waals surface area contributed by atoms with Gasteiger partial charge in [0.1, 0.15) is 6.61 Å². The van der Waals surface area contributed by atoms with Crippen LogP contribution in [0.1, 0.15) is 19.3 Å². The normalized spacial score (nSPS) is 11.0. The molecule has 0 spiro atoms. The van der Waals surface area contributed by atoms with Crippen molar-refractivity contribution in [3.8, 4) is 0 Å². The molecule has 74 valence electrons. The molecule has 0 aliphatic rings. The minimum absolute atomic E-state index is 0.425. The van der Waals surface area contributed by atoms with Crippen LogP contribution >= 0.6 is 0 Å². The first-order valence-corrected chi connectivity index (χ1v) is 4.28. The lowest BCUT2D eigenvalue weighted by atomic mass is 10.2. The monoisotopic (exact) mass is 181 g/mol. The Balaban J connectivity index is 2.82. The number of halogens is 2. The Labute approximate surface area is 72.3 Å². The van der Waals surface area contributed by atoms with Gasteiger partial charge in [0, 0.05) is 6.61 Å². The molecule has 0 aromatic rings. The second-order valence-corrected chi connectivity index (χ2v) is 2.63. The summed E-state index contributed by atoms with van der Waals surface area (Å²) in [5.41, 5.74) is 0. The van der Waals surface area contributed by atoms with Crippen molar-refractivity contribution in [2.75, 3.05) is 26.8 Å². The van der Waals surface area contributed by atoms with Gasteiger partial charge in [-0.2, -0.15) is 0 Å².